The maximum atomic E-state index is 12.4. The van der Waals surface area contributed by atoms with E-state index in [4.69, 9.17) is 4.52 Å². The minimum absolute atomic E-state index is 0.0955. The molecule has 0 saturated heterocycles. The molecular formula is C12H17N3O3S2. The summed E-state index contributed by atoms with van der Waals surface area (Å²) in [7, 11) is -3.55. The molecular weight excluding hydrogens is 298 g/mol. The lowest BCUT2D eigenvalue weighted by Gasteiger charge is -2.08. The van der Waals surface area contributed by atoms with Crippen molar-refractivity contribution in [2.75, 3.05) is 6.54 Å². The molecule has 0 unspecified atom stereocenters. The molecule has 0 amide bonds. The van der Waals surface area contributed by atoms with Crippen molar-refractivity contribution in [2.45, 2.75) is 31.8 Å². The fraction of sp³-hybridized carbons (Fsp3) is 0.417. The number of thiophene rings is 1. The van der Waals surface area contributed by atoms with E-state index in [0.717, 1.165) is 17.0 Å². The molecule has 0 spiro atoms. The fourth-order valence-corrected chi connectivity index (χ4v) is 4.55. The number of nitrogens with zero attached hydrogens (tertiary/aromatic N) is 1. The highest BCUT2D eigenvalue weighted by Gasteiger charge is 2.22. The molecule has 6 nitrogen and oxygen atoms in total. The molecule has 0 bridgehead atoms. The van der Waals surface area contributed by atoms with Gasteiger partial charge in [0, 0.05) is 17.5 Å². The molecule has 0 atom stereocenters. The zero-order chi connectivity index (χ0) is 14.6. The Bertz CT molecular complexity index is 648. The van der Waals surface area contributed by atoms with E-state index >= 15 is 0 Å². The molecule has 2 aromatic rings. The van der Waals surface area contributed by atoms with Crippen LogP contribution in [0.3, 0.4) is 0 Å². The third-order valence-corrected chi connectivity index (χ3v) is 5.59. The van der Waals surface area contributed by atoms with E-state index in [0.29, 0.717) is 17.2 Å². The number of hydrogen-bond acceptors (Lipinski definition) is 6. The van der Waals surface area contributed by atoms with E-state index in [1.165, 1.54) is 17.5 Å². The molecule has 20 heavy (non-hydrogen) atoms. The smallest absolute Gasteiger partial charge is 0.242 e. The molecule has 0 fully saturated rings. The molecule has 0 aliphatic heterocycles. The lowest BCUT2D eigenvalue weighted by atomic mass is 10.3. The molecule has 2 aromatic heterocycles. The van der Waals surface area contributed by atoms with E-state index in [2.05, 4.69) is 15.2 Å². The summed E-state index contributed by atoms with van der Waals surface area (Å²) in [4.78, 5) is 1.18. The molecule has 0 aliphatic carbocycles. The van der Waals surface area contributed by atoms with Crippen molar-refractivity contribution in [3.8, 4) is 0 Å². The molecule has 0 aliphatic rings. The molecule has 8 heteroatoms. The Morgan fingerprint density at radius 1 is 1.40 bits per heavy atom. The average molecular weight is 315 g/mol. The maximum absolute atomic E-state index is 12.4. The number of nitrogens with one attached hydrogen (secondary N) is 2. The Morgan fingerprint density at radius 2 is 2.20 bits per heavy atom. The van der Waals surface area contributed by atoms with E-state index in [-0.39, 0.29) is 6.54 Å². The van der Waals surface area contributed by atoms with Crippen LogP contribution in [0.5, 0.6) is 0 Å². The van der Waals surface area contributed by atoms with Crippen LogP contribution in [0.1, 0.15) is 23.1 Å². The highest BCUT2D eigenvalue weighted by molar-refractivity contribution is 7.89. The second-order valence-corrected chi connectivity index (χ2v) is 6.92. The molecule has 2 N–H and O–H groups in total. The summed E-state index contributed by atoms with van der Waals surface area (Å²) in [6, 6.07) is 1.63. The number of aryl methyl sites for hydroxylation is 1. The normalized spacial score (nSPS) is 11.9. The summed E-state index contributed by atoms with van der Waals surface area (Å²) in [5, 5.41) is 8.55. The van der Waals surface area contributed by atoms with Gasteiger partial charge in [-0.1, -0.05) is 12.1 Å². The van der Waals surface area contributed by atoms with Gasteiger partial charge < -0.3 is 9.84 Å². The van der Waals surface area contributed by atoms with Crippen LogP contribution in [0.25, 0.3) is 0 Å². The first-order valence-corrected chi connectivity index (χ1v) is 8.57. The topological polar surface area (TPSA) is 84.2 Å². The summed E-state index contributed by atoms with van der Waals surface area (Å²) in [6.45, 7) is 5.22. The Kier molecular flexibility index (Phi) is 4.92. The highest BCUT2D eigenvalue weighted by atomic mass is 32.2. The predicted octanol–water partition coefficient (Wildman–Crippen LogP) is 1.63. The van der Waals surface area contributed by atoms with Gasteiger partial charge in [-0.15, -0.1) is 11.3 Å². The van der Waals surface area contributed by atoms with E-state index in [1.54, 1.807) is 13.0 Å². The number of sulfonamides is 1. The van der Waals surface area contributed by atoms with Crippen molar-refractivity contribution in [1.82, 2.24) is 15.2 Å². The second-order valence-electron chi connectivity index (χ2n) is 4.25. The maximum Gasteiger partial charge on any atom is 0.242 e. The van der Waals surface area contributed by atoms with Gasteiger partial charge in [-0.05, 0) is 24.4 Å². The number of rotatable bonds is 7. The molecule has 0 aromatic carbocycles. The third-order valence-electron chi connectivity index (χ3n) is 2.72. The van der Waals surface area contributed by atoms with Crippen molar-refractivity contribution in [3.63, 3.8) is 0 Å². The fourth-order valence-electron chi connectivity index (χ4n) is 1.78. The van der Waals surface area contributed by atoms with Gasteiger partial charge >= 0.3 is 0 Å². The van der Waals surface area contributed by atoms with Crippen molar-refractivity contribution < 1.29 is 12.9 Å². The predicted molar refractivity (Wildman–Crippen MR) is 77.0 cm³/mol. The van der Waals surface area contributed by atoms with Crippen LogP contribution in [-0.4, -0.2) is 20.1 Å². The van der Waals surface area contributed by atoms with Crippen LogP contribution >= 0.6 is 11.3 Å². The second kappa shape index (κ2) is 6.49. The SMILES string of the molecule is CCNCc1scc(C)c1S(=O)(=O)NCc1ccno1. The van der Waals surface area contributed by atoms with Crippen molar-refractivity contribution in [3.05, 3.63) is 33.8 Å². The van der Waals surface area contributed by atoms with E-state index in [9.17, 15) is 8.42 Å². The largest absolute Gasteiger partial charge is 0.360 e. The minimum atomic E-state index is -3.55. The monoisotopic (exact) mass is 315 g/mol. The minimum Gasteiger partial charge on any atom is -0.360 e. The van der Waals surface area contributed by atoms with Crippen molar-refractivity contribution in [1.29, 1.82) is 0 Å². The number of aromatic nitrogens is 1. The van der Waals surface area contributed by atoms with Gasteiger partial charge in [0.05, 0.1) is 12.7 Å². The Morgan fingerprint density at radius 3 is 2.85 bits per heavy atom. The van der Waals surface area contributed by atoms with Crippen molar-refractivity contribution >= 4 is 21.4 Å². The Hall–Kier alpha value is -1.22. The quantitative estimate of drug-likeness (QED) is 0.811. The summed E-state index contributed by atoms with van der Waals surface area (Å²) < 4.78 is 32.2. The van der Waals surface area contributed by atoms with Gasteiger partial charge in [-0.3, -0.25) is 0 Å². The third kappa shape index (κ3) is 3.45. The molecule has 0 radical (unpaired) electrons. The van der Waals surface area contributed by atoms with E-state index in [1.807, 2.05) is 12.3 Å². The van der Waals surface area contributed by atoms with Crippen molar-refractivity contribution in [2.24, 2.45) is 0 Å². The van der Waals surface area contributed by atoms with E-state index < -0.39 is 10.0 Å². The summed E-state index contributed by atoms with van der Waals surface area (Å²) >= 11 is 1.45. The van der Waals surface area contributed by atoms with Gasteiger partial charge in [0.15, 0.2) is 5.76 Å². The summed E-state index contributed by atoms with van der Waals surface area (Å²) in [5.74, 6) is 0.481. The first-order valence-electron chi connectivity index (χ1n) is 6.21. The lowest BCUT2D eigenvalue weighted by Crippen LogP contribution is -2.25. The molecule has 110 valence electrons. The zero-order valence-corrected chi connectivity index (χ0v) is 13.0. The van der Waals surface area contributed by atoms with Crippen LogP contribution < -0.4 is 10.0 Å². The Labute approximate surface area is 122 Å². The number of hydrogen-bond donors (Lipinski definition) is 2. The van der Waals surface area contributed by atoms with Crippen LogP contribution in [0, 0.1) is 6.92 Å². The zero-order valence-electron chi connectivity index (χ0n) is 11.3. The van der Waals surface area contributed by atoms with Gasteiger partial charge in [0.2, 0.25) is 10.0 Å². The highest BCUT2D eigenvalue weighted by Crippen LogP contribution is 2.26. The first-order chi connectivity index (χ1) is 9.54. The standard InChI is InChI=1S/C12H17N3O3S2/c1-3-13-7-11-12(9(2)8-19-11)20(16,17)15-6-10-4-5-14-18-10/h4-5,8,13,15H,3,6-7H2,1-2H3. The van der Waals surface area contributed by atoms with Gasteiger partial charge in [-0.2, -0.15) is 0 Å². The summed E-state index contributed by atoms with van der Waals surface area (Å²) in [6.07, 6.45) is 1.48. The van der Waals surface area contributed by atoms with Crippen LogP contribution in [0.2, 0.25) is 0 Å². The van der Waals surface area contributed by atoms with Crippen LogP contribution in [0.4, 0.5) is 0 Å². The van der Waals surface area contributed by atoms with Gasteiger partial charge in [0.25, 0.3) is 0 Å². The molecule has 2 rings (SSSR count). The molecule has 2 heterocycles. The van der Waals surface area contributed by atoms with Crippen LogP contribution in [0.15, 0.2) is 27.1 Å². The average Bonchev–Trinajstić information content (AvgIpc) is 3.03. The van der Waals surface area contributed by atoms with Gasteiger partial charge in [-0.25, -0.2) is 13.1 Å². The van der Waals surface area contributed by atoms with Gasteiger partial charge in [0.1, 0.15) is 4.90 Å². The Balaban J connectivity index is 2.18. The lowest BCUT2D eigenvalue weighted by molar-refractivity contribution is 0.380. The van der Waals surface area contributed by atoms with Crippen LogP contribution in [-0.2, 0) is 23.1 Å². The first kappa shape index (κ1) is 15.2. The summed E-state index contributed by atoms with van der Waals surface area (Å²) in [5.41, 5.74) is 0.757. The molecule has 0 saturated carbocycles.